The van der Waals surface area contributed by atoms with Crippen molar-refractivity contribution in [3.63, 3.8) is 0 Å². The Morgan fingerprint density at radius 3 is 2.58 bits per heavy atom. The number of piperidine rings is 1. The standard InChI is InChI=1S/C20H22N4OS/c1-2-6-16(7-3-1)11-15-25-17-9-13-24(14-10-17)20-23-22-19(26-20)18-8-4-5-12-21-18/h1-8,12,17H,9-11,13-15H2. The van der Waals surface area contributed by atoms with E-state index in [-0.39, 0.29) is 0 Å². The Morgan fingerprint density at radius 2 is 1.81 bits per heavy atom. The molecule has 134 valence electrons. The average molecular weight is 366 g/mol. The number of pyridine rings is 1. The number of nitrogens with zero attached hydrogens (tertiary/aromatic N) is 4. The van der Waals surface area contributed by atoms with Crippen LogP contribution in [0.5, 0.6) is 0 Å². The van der Waals surface area contributed by atoms with Crippen LogP contribution >= 0.6 is 11.3 Å². The number of ether oxygens (including phenoxy) is 1. The van der Waals surface area contributed by atoms with Crippen molar-refractivity contribution in [1.82, 2.24) is 15.2 Å². The van der Waals surface area contributed by atoms with E-state index >= 15 is 0 Å². The van der Waals surface area contributed by atoms with Crippen LogP contribution in [0.2, 0.25) is 0 Å². The maximum Gasteiger partial charge on any atom is 0.208 e. The first-order valence-corrected chi connectivity index (χ1v) is 9.85. The highest BCUT2D eigenvalue weighted by molar-refractivity contribution is 7.18. The van der Waals surface area contributed by atoms with E-state index in [9.17, 15) is 0 Å². The largest absolute Gasteiger partial charge is 0.378 e. The zero-order valence-corrected chi connectivity index (χ0v) is 15.4. The van der Waals surface area contributed by atoms with Gasteiger partial charge < -0.3 is 9.64 Å². The van der Waals surface area contributed by atoms with E-state index in [4.69, 9.17) is 4.74 Å². The van der Waals surface area contributed by atoms with E-state index in [0.717, 1.165) is 54.8 Å². The minimum Gasteiger partial charge on any atom is -0.378 e. The van der Waals surface area contributed by atoms with E-state index in [0.29, 0.717) is 6.10 Å². The first-order chi connectivity index (χ1) is 12.9. The van der Waals surface area contributed by atoms with Crippen LogP contribution in [0.4, 0.5) is 5.13 Å². The summed E-state index contributed by atoms with van der Waals surface area (Å²) >= 11 is 1.61. The second kappa shape index (κ2) is 8.38. The van der Waals surface area contributed by atoms with E-state index in [2.05, 4.69) is 44.3 Å². The summed E-state index contributed by atoms with van der Waals surface area (Å²) in [4.78, 5) is 6.65. The molecule has 2 aromatic heterocycles. The van der Waals surface area contributed by atoms with Gasteiger partial charge in [0.05, 0.1) is 12.7 Å². The summed E-state index contributed by atoms with van der Waals surface area (Å²) in [5, 5.41) is 10.5. The lowest BCUT2D eigenvalue weighted by Crippen LogP contribution is -2.37. The Balaban J connectivity index is 1.25. The summed E-state index contributed by atoms with van der Waals surface area (Å²) in [5.41, 5.74) is 2.22. The minimum absolute atomic E-state index is 0.346. The second-order valence-electron chi connectivity index (χ2n) is 6.40. The summed E-state index contributed by atoms with van der Waals surface area (Å²) in [5.74, 6) is 0. The van der Waals surface area contributed by atoms with Crippen LogP contribution in [0.25, 0.3) is 10.7 Å². The summed E-state index contributed by atoms with van der Waals surface area (Å²) in [6.45, 7) is 2.72. The fraction of sp³-hybridized carbons (Fsp3) is 0.350. The number of hydrogen-bond acceptors (Lipinski definition) is 6. The summed E-state index contributed by atoms with van der Waals surface area (Å²) in [7, 11) is 0. The highest BCUT2D eigenvalue weighted by Crippen LogP contribution is 2.29. The van der Waals surface area contributed by atoms with Gasteiger partial charge >= 0.3 is 0 Å². The molecule has 0 spiro atoms. The zero-order valence-electron chi connectivity index (χ0n) is 14.6. The van der Waals surface area contributed by atoms with Crippen molar-refractivity contribution >= 4 is 16.5 Å². The zero-order chi connectivity index (χ0) is 17.6. The summed E-state index contributed by atoms with van der Waals surface area (Å²) < 4.78 is 6.08. The Kier molecular flexibility index (Phi) is 5.52. The van der Waals surface area contributed by atoms with Crippen molar-refractivity contribution in [1.29, 1.82) is 0 Å². The highest BCUT2D eigenvalue weighted by Gasteiger charge is 2.22. The Hall–Kier alpha value is -2.31. The van der Waals surface area contributed by atoms with Gasteiger partial charge in [-0.3, -0.25) is 4.98 Å². The van der Waals surface area contributed by atoms with Crippen molar-refractivity contribution in [2.24, 2.45) is 0 Å². The van der Waals surface area contributed by atoms with Gasteiger partial charge in [-0.15, -0.1) is 10.2 Å². The van der Waals surface area contributed by atoms with Gasteiger partial charge in [0.25, 0.3) is 0 Å². The fourth-order valence-corrected chi connectivity index (χ4v) is 4.01. The molecule has 1 saturated heterocycles. The van der Waals surface area contributed by atoms with Crippen molar-refractivity contribution in [2.75, 3.05) is 24.6 Å². The lowest BCUT2D eigenvalue weighted by Gasteiger charge is -2.31. The normalized spacial score (nSPS) is 15.3. The summed E-state index contributed by atoms with van der Waals surface area (Å²) in [6.07, 6.45) is 5.18. The Bertz CT molecular complexity index is 801. The van der Waals surface area contributed by atoms with Gasteiger partial charge in [0.15, 0.2) is 5.01 Å². The number of benzene rings is 1. The van der Waals surface area contributed by atoms with Crippen molar-refractivity contribution < 1.29 is 4.74 Å². The third-order valence-electron chi connectivity index (χ3n) is 4.60. The van der Waals surface area contributed by atoms with Crippen LogP contribution < -0.4 is 4.90 Å². The minimum atomic E-state index is 0.346. The quantitative estimate of drug-likeness (QED) is 0.664. The molecule has 26 heavy (non-hydrogen) atoms. The first-order valence-electron chi connectivity index (χ1n) is 9.04. The molecule has 0 amide bonds. The van der Waals surface area contributed by atoms with Gasteiger partial charge in [-0.1, -0.05) is 47.7 Å². The second-order valence-corrected chi connectivity index (χ2v) is 7.35. The molecule has 4 rings (SSSR count). The van der Waals surface area contributed by atoms with E-state index in [1.807, 2.05) is 24.3 Å². The molecule has 3 aromatic rings. The van der Waals surface area contributed by atoms with Gasteiger partial charge in [-0.05, 0) is 37.0 Å². The van der Waals surface area contributed by atoms with Crippen LogP contribution in [0, 0.1) is 0 Å². The number of anilines is 1. The molecule has 0 N–H and O–H groups in total. The molecule has 0 atom stereocenters. The smallest absolute Gasteiger partial charge is 0.208 e. The monoisotopic (exact) mass is 366 g/mol. The van der Waals surface area contributed by atoms with Crippen LogP contribution in [0.15, 0.2) is 54.7 Å². The third-order valence-corrected chi connectivity index (χ3v) is 5.60. The lowest BCUT2D eigenvalue weighted by atomic mass is 10.1. The molecule has 1 fully saturated rings. The Labute approximate surface area is 157 Å². The molecule has 0 aliphatic carbocycles. The SMILES string of the molecule is c1ccc(CCOC2CCN(c3nnc(-c4ccccn4)s3)CC2)cc1. The van der Waals surface area contributed by atoms with Gasteiger partial charge in [0.1, 0.15) is 5.69 Å². The highest BCUT2D eigenvalue weighted by atomic mass is 32.1. The number of rotatable bonds is 6. The average Bonchev–Trinajstić information content (AvgIpc) is 3.20. The van der Waals surface area contributed by atoms with E-state index in [1.165, 1.54) is 5.56 Å². The number of hydrogen-bond donors (Lipinski definition) is 0. The fourth-order valence-electron chi connectivity index (χ4n) is 3.14. The molecular weight excluding hydrogens is 344 g/mol. The molecule has 0 unspecified atom stereocenters. The molecule has 1 aromatic carbocycles. The van der Waals surface area contributed by atoms with Crippen molar-refractivity contribution in [3.05, 3.63) is 60.3 Å². The molecule has 1 aliphatic heterocycles. The molecule has 1 aliphatic rings. The Morgan fingerprint density at radius 1 is 1.00 bits per heavy atom. The first kappa shape index (κ1) is 17.1. The van der Waals surface area contributed by atoms with Gasteiger partial charge in [-0.2, -0.15) is 0 Å². The predicted octanol–water partition coefficient (Wildman–Crippen LogP) is 3.83. The molecule has 6 heteroatoms. The molecule has 0 saturated carbocycles. The molecule has 0 bridgehead atoms. The third kappa shape index (κ3) is 4.26. The lowest BCUT2D eigenvalue weighted by molar-refractivity contribution is 0.0390. The van der Waals surface area contributed by atoms with Crippen LogP contribution in [0.1, 0.15) is 18.4 Å². The van der Waals surface area contributed by atoms with Crippen LogP contribution in [-0.4, -0.2) is 41.0 Å². The topological polar surface area (TPSA) is 51.1 Å². The summed E-state index contributed by atoms with van der Waals surface area (Å²) in [6, 6.07) is 16.4. The van der Waals surface area contributed by atoms with Gasteiger partial charge in [0, 0.05) is 19.3 Å². The van der Waals surface area contributed by atoms with Crippen LogP contribution in [-0.2, 0) is 11.2 Å². The van der Waals surface area contributed by atoms with Crippen LogP contribution in [0.3, 0.4) is 0 Å². The predicted molar refractivity (Wildman–Crippen MR) is 104 cm³/mol. The molecule has 5 nitrogen and oxygen atoms in total. The maximum absolute atomic E-state index is 6.08. The maximum atomic E-state index is 6.08. The van der Waals surface area contributed by atoms with Gasteiger partial charge in [0.2, 0.25) is 5.13 Å². The molecular formula is C20H22N4OS. The molecule has 0 radical (unpaired) electrons. The number of aromatic nitrogens is 3. The van der Waals surface area contributed by atoms with E-state index < -0.39 is 0 Å². The van der Waals surface area contributed by atoms with E-state index in [1.54, 1.807) is 17.5 Å². The van der Waals surface area contributed by atoms with Crippen molar-refractivity contribution in [3.8, 4) is 10.7 Å². The van der Waals surface area contributed by atoms with Gasteiger partial charge in [-0.25, -0.2) is 0 Å². The van der Waals surface area contributed by atoms with Crippen molar-refractivity contribution in [2.45, 2.75) is 25.4 Å². The molecule has 3 heterocycles.